The fraction of sp³-hybridized carbons (Fsp3) is 0.706. The van der Waals surface area contributed by atoms with Crippen LogP contribution in [-0.4, -0.2) is 67.0 Å². The van der Waals surface area contributed by atoms with Crippen LogP contribution in [0.3, 0.4) is 0 Å². The highest BCUT2D eigenvalue weighted by Crippen LogP contribution is 2.24. The summed E-state index contributed by atoms with van der Waals surface area (Å²) in [5, 5.41) is 6.08. The molecule has 2 aliphatic rings. The minimum atomic E-state index is -0.130. The second-order valence-electron chi connectivity index (χ2n) is 7.00. The van der Waals surface area contributed by atoms with Crippen molar-refractivity contribution in [2.75, 3.05) is 45.2 Å². The van der Waals surface area contributed by atoms with Crippen LogP contribution in [0, 0.1) is 5.92 Å². The maximum Gasteiger partial charge on any atom is 0.319 e. The first kappa shape index (κ1) is 18.0. The van der Waals surface area contributed by atoms with E-state index < -0.39 is 0 Å². The molecule has 3 heterocycles. The van der Waals surface area contributed by atoms with E-state index in [1.165, 1.54) is 12.8 Å². The summed E-state index contributed by atoms with van der Waals surface area (Å²) >= 11 is 1.65. The first-order chi connectivity index (χ1) is 12.0. The third-order valence-corrected chi connectivity index (χ3v) is 5.76. The van der Waals surface area contributed by atoms with E-state index in [0.717, 1.165) is 43.3 Å². The predicted octanol–water partition coefficient (Wildman–Crippen LogP) is 1.75. The van der Waals surface area contributed by atoms with Crippen LogP contribution in [-0.2, 0) is 11.3 Å². The number of anilines is 1. The highest BCUT2D eigenvalue weighted by atomic mass is 32.1. The molecule has 1 aromatic heterocycles. The molecule has 3 rings (SSSR count). The van der Waals surface area contributed by atoms with Crippen molar-refractivity contribution in [3.05, 3.63) is 11.1 Å². The standard InChI is InChI=1S/C17H27N5O2S/c1-20(2)17(24)22-9-5-6-13(11-22)15(23)18-10-14-12-25-16(19-14)21-7-3-4-8-21/h12-13H,3-11H2,1-2H3,(H,18,23). The second-order valence-corrected chi connectivity index (χ2v) is 7.83. The highest BCUT2D eigenvalue weighted by molar-refractivity contribution is 7.13. The van der Waals surface area contributed by atoms with Crippen molar-refractivity contribution < 1.29 is 9.59 Å². The lowest BCUT2D eigenvalue weighted by Gasteiger charge is -2.33. The third kappa shape index (κ3) is 4.42. The Balaban J connectivity index is 1.49. The molecule has 0 spiro atoms. The van der Waals surface area contributed by atoms with Gasteiger partial charge in [0.25, 0.3) is 0 Å². The Morgan fingerprint density at radius 2 is 2.04 bits per heavy atom. The zero-order chi connectivity index (χ0) is 17.8. The van der Waals surface area contributed by atoms with Gasteiger partial charge in [-0.2, -0.15) is 0 Å². The summed E-state index contributed by atoms with van der Waals surface area (Å²) in [6.45, 7) is 3.85. The van der Waals surface area contributed by atoms with E-state index in [0.29, 0.717) is 13.1 Å². The van der Waals surface area contributed by atoms with Gasteiger partial charge < -0.3 is 20.0 Å². The largest absolute Gasteiger partial charge is 0.350 e. The second kappa shape index (κ2) is 8.03. The van der Waals surface area contributed by atoms with Crippen molar-refractivity contribution in [2.45, 2.75) is 32.2 Å². The molecule has 1 unspecified atom stereocenters. The predicted molar refractivity (Wildman–Crippen MR) is 98.8 cm³/mol. The molecule has 1 aromatic rings. The average Bonchev–Trinajstić information content (AvgIpc) is 3.30. The number of carbonyl (C=O) groups is 2. The van der Waals surface area contributed by atoms with Crippen LogP contribution in [0.15, 0.2) is 5.38 Å². The van der Waals surface area contributed by atoms with Crippen LogP contribution < -0.4 is 10.2 Å². The number of piperidine rings is 1. The topological polar surface area (TPSA) is 68.8 Å². The van der Waals surface area contributed by atoms with Gasteiger partial charge in [0.1, 0.15) is 0 Å². The van der Waals surface area contributed by atoms with Crippen molar-refractivity contribution in [2.24, 2.45) is 5.92 Å². The highest BCUT2D eigenvalue weighted by Gasteiger charge is 2.29. The van der Waals surface area contributed by atoms with Gasteiger partial charge >= 0.3 is 6.03 Å². The molecule has 0 bridgehead atoms. The Morgan fingerprint density at radius 1 is 1.28 bits per heavy atom. The van der Waals surface area contributed by atoms with Crippen LogP contribution in [0.5, 0.6) is 0 Å². The van der Waals surface area contributed by atoms with Crippen molar-refractivity contribution in [3.8, 4) is 0 Å². The molecular weight excluding hydrogens is 338 g/mol. The van der Waals surface area contributed by atoms with Crippen LogP contribution in [0.2, 0.25) is 0 Å². The van der Waals surface area contributed by atoms with Gasteiger partial charge in [-0.3, -0.25) is 4.79 Å². The average molecular weight is 366 g/mol. The summed E-state index contributed by atoms with van der Waals surface area (Å²) in [4.78, 5) is 34.8. The first-order valence-corrected chi connectivity index (χ1v) is 9.86. The number of nitrogens with one attached hydrogen (secondary N) is 1. The van der Waals surface area contributed by atoms with E-state index in [4.69, 9.17) is 0 Å². The minimum absolute atomic E-state index is 0.0204. The Kier molecular flexibility index (Phi) is 5.78. The zero-order valence-electron chi connectivity index (χ0n) is 15.0. The third-order valence-electron chi connectivity index (χ3n) is 4.81. The number of nitrogens with zero attached hydrogens (tertiary/aromatic N) is 4. The Labute approximate surface area is 153 Å². The number of aromatic nitrogens is 1. The minimum Gasteiger partial charge on any atom is -0.350 e. The van der Waals surface area contributed by atoms with E-state index in [2.05, 4.69) is 15.2 Å². The van der Waals surface area contributed by atoms with Gasteiger partial charge in [0.2, 0.25) is 5.91 Å². The van der Waals surface area contributed by atoms with E-state index in [-0.39, 0.29) is 17.9 Å². The van der Waals surface area contributed by atoms with Gasteiger partial charge in [-0.1, -0.05) is 0 Å². The molecule has 138 valence electrons. The van der Waals surface area contributed by atoms with Crippen molar-refractivity contribution in [3.63, 3.8) is 0 Å². The molecule has 0 saturated carbocycles. The zero-order valence-corrected chi connectivity index (χ0v) is 15.8. The molecule has 2 aliphatic heterocycles. The number of likely N-dealkylation sites (tertiary alicyclic amines) is 1. The van der Waals surface area contributed by atoms with Crippen LogP contribution in [0.4, 0.5) is 9.93 Å². The van der Waals surface area contributed by atoms with Gasteiger partial charge in [0.05, 0.1) is 18.2 Å². The normalized spacial score (nSPS) is 20.6. The number of hydrogen-bond donors (Lipinski definition) is 1. The summed E-state index contributed by atoms with van der Waals surface area (Å²) < 4.78 is 0. The van der Waals surface area contributed by atoms with E-state index in [1.807, 2.05) is 5.38 Å². The maximum absolute atomic E-state index is 12.5. The van der Waals surface area contributed by atoms with E-state index in [9.17, 15) is 9.59 Å². The van der Waals surface area contributed by atoms with Crippen molar-refractivity contribution >= 4 is 28.4 Å². The maximum atomic E-state index is 12.5. The molecule has 2 saturated heterocycles. The SMILES string of the molecule is CN(C)C(=O)N1CCCC(C(=O)NCc2csc(N3CCCC3)n2)C1. The van der Waals surface area contributed by atoms with Crippen molar-refractivity contribution in [1.82, 2.24) is 20.1 Å². The smallest absolute Gasteiger partial charge is 0.319 e. The lowest BCUT2D eigenvalue weighted by molar-refractivity contribution is -0.126. The molecule has 1 N–H and O–H groups in total. The molecule has 3 amide bonds. The van der Waals surface area contributed by atoms with Gasteiger partial charge in [0, 0.05) is 45.7 Å². The van der Waals surface area contributed by atoms with Crippen LogP contribution in [0.25, 0.3) is 0 Å². The van der Waals surface area contributed by atoms with E-state index in [1.54, 1.807) is 35.2 Å². The number of rotatable bonds is 4. The summed E-state index contributed by atoms with van der Waals surface area (Å²) in [6, 6.07) is -0.0211. The molecule has 8 heteroatoms. The fourth-order valence-corrected chi connectivity index (χ4v) is 4.28. The summed E-state index contributed by atoms with van der Waals surface area (Å²) in [6.07, 6.45) is 4.16. The molecule has 1 atom stereocenters. The van der Waals surface area contributed by atoms with Crippen molar-refractivity contribution in [1.29, 1.82) is 0 Å². The molecule has 2 fully saturated rings. The Hall–Kier alpha value is -1.83. The summed E-state index contributed by atoms with van der Waals surface area (Å²) in [5.74, 6) is -0.110. The fourth-order valence-electron chi connectivity index (χ4n) is 3.40. The van der Waals surface area contributed by atoms with Gasteiger partial charge in [-0.05, 0) is 25.7 Å². The molecule has 25 heavy (non-hydrogen) atoms. The molecule has 0 aliphatic carbocycles. The van der Waals surface area contributed by atoms with Gasteiger partial charge in [-0.25, -0.2) is 9.78 Å². The van der Waals surface area contributed by atoms with Gasteiger partial charge in [-0.15, -0.1) is 11.3 Å². The molecular formula is C17H27N5O2S. The van der Waals surface area contributed by atoms with Gasteiger partial charge in [0.15, 0.2) is 5.13 Å². The number of urea groups is 1. The monoisotopic (exact) mass is 365 g/mol. The number of thiazole rings is 1. The number of amides is 3. The molecule has 7 nitrogen and oxygen atoms in total. The molecule has 0 radical (unpaired) electrons. The van der Waals surface area contributed by atoms with Crippen LogP contribution in [0.1, 0.15) is 31.4 Å². The summed E-state index contributed by atoms with van der Waals surface area (Å²) in [7, 11) is 3.48. The number of hydrogen-bond acceptors (Lipinski definition) is 5. The number of carbonyl (C=O) groups excluding carboxylic acids is 2. The van der Waals surface area contributed by atoms with E-state index >= 15 is 0 Å². The quantitative estimate of drug-likeness (QED) is 0.883. The Bertz CT molecular complexity index is 612. The lowest BCUT2D eigenvalue weighted by atomic mass is 9.97. The van der Waals surface area contributed by atoms with Crippen LogP contribution >= 0.6 is 11.3 Å². The lowest BCUT2D eigenvalue weighted by Crippen LogP contribution is -2.48. The molecule has 0 aromatic carbocycles. The first-order valence-electron chi connectivity index (χ1n) is 8.98. The Morgan fingerprint density at radius 3 is 2.76 bits per heavy atom. The summed E-state index contributed by atoms with van der Waals surface area (Å²) in [5.41, 5.74) is 0.914.